The van der Waals surface area contributed by atoms with Gasteiger partial charge in [-0.3, -0.25) is 4.79 Å². The predicted molar refractivity (Wildman–Crippen MR) is 69.3 cm³/mol. The van der Waals surface area contributed by atoms with Crippen LogP contribution in [0, 0.1) is 11.6 Å². The summed E-state index contributed by atoms with van der Waals surface area (Å²) >= 11 is 0. The standard InChI is InChI=1S/C14H15F2NO3/c1-8(2)3-6-12(14(19)20)17-13(18)9-4-5-10(15)11(16)7-9/h3-5,7,12H,6H2,1-2H3,(H,17,18)(H,19,20)/t12-/m0/s1. The van der Waals surface area contributed by atoms with E-state index in [9.17, 15) is 18.4 Å². The molecule has 0 aromatic heterocycles. The minimum atomic E-state index is -1.20. The number of carboxylic acids is 1. The zero-order chi connectivity index (χ0) is 15.3. The number of halogens is 2. The Bertz CT molecular complexity index is 551. The summed E-state index contributed by atoms with van der Waals surface area (Å²) in [5.41, 5.74) is 0.783. The Balaban J connectivity index is 2.82. The number of amides is 1. The van der Waals surface area contributed by atoms with Crippen LogP contribution in [0.15, 0.2) is 29.8 Å². The van der Waals surface area contributed by atoms with Crippen LogP contribution in [0.3, 0.4) is 0 Å². The van der Waals surface area contributed by atoms with E-state index in [2.05, 4.69) is 5.32 Å². The van der Waals surface area contributed by atoms with E-state index in [0.29, 0.717) is 0 Å². The zero-order valence-electron chi connectivity index (χ0n) is 11.1. The van der Waals surface area contributed by atoms with Crippen LogP contribution in [-0.2, 0) is 4.79 Å². The van der Waals surface area contributed by atoms with Crippen molar-refractivity contribution in [2.75, 3.05) is 0 Å². The molecule has 0 saturated heterocycles. The van der Waals surface area contributed by atoms with E-state index in [1.54, 1.807) is 19.9 Å². The van der Waals surface area contributed by atoms with Crippen LogP contribution in [0.25, 0.3) is 0 Å². The molecule has 0 heterocycles. The summed E-state index contributed by atoms with van der Waals surface area (Å²) in [5, 5.41) is 11.3. The van der Waals surface area contributed by atoms with Crippen LogP contribution in [0.5, 0.6) is 0 Å². The predicted octanol–water partition coefficient (Wildman–Crippen LogP) is 2.50. The summed E-state index contributed by atoms with van der Waals surface area (Å²) in [6, 6.07) is 1.51. The van der Waals surface area contributed by atoms with E-state index in [1.807, 2.05) is 0 Å². The molecule has 108 valence electrons. The minimum absolute atomic E-state index is 0.118. The van der Waals surface area contributed by atoms with Gasteiger partial charge in [-0.25, -0.2) is 13.6 Å². The maximum atomic E-state index is 13.0. The number of hydrogen-bond donors (Lipinski definition) is 2. The zero-order valence-corrected chi connectivity index (χ0v) is 11.1. The van der Waals surface area contributed by atoms with Gasteiger partial charge in [-0.1, -0.05) is 11.6 Å². The molecule has 1 amide bonds. The first-order chi connectivity index (χ1) is 9.31. The molecule has 0 spiro atoms. The summed E-state index contributed by atoms with van der Waals surface area (Å²) in [4.78, 5) is 22.8. The highest BCUT2D eigenvalue weighted by Crippen LogP contribution is 2.09. The van der Waals surface area contributed by atoms with Crippen molar-refractivity contribution in [2.24, 2.45) is 0 Å². The average molecular weight is 283 g/mol. The van der Waals surface area contributed by atoms with Crippen molar-refractivity contribution in [2.45, 2.75) is 26.3 Å². The Morgan fingerprint density at radius 1 is 1.30 bits per heavy atom. The SMILES string of the molecule is CC(C)=CC[C@H](NC(=O)c1ccc(F)c(F)c1)C(=O)O. The molecule has 1 aromatic rings. The summed E-state index contributed by atoms with van der Waals surface area (Å²) in [6.07, 6.45) is 1.79. The number of nitrogens with one attached hydrogen (secondary N) is 1. The van der Waals surface area contributed by atoms with Gasteiger partial charge in [-0.15, -0.1) is 0 Å². The van der Waals surface area contributed by atoms with Gasteiger partial charge < -0.3 is 10.4 Å². The molecule has 4 nitrogen and oxygen atoms in total. The number of allylic oxidation sites excluding steroid dienone is 1. The molecule has 0 unspecified atom stereocenters. The molecule has 1 rings (SSSR count). The van der Waals surface area contributed by atoms with Gasteiger partial charge in [0.05, 0.1) is 0 Å². The molecule has 0 fully saturated rings. The quantitative estimate of drug-likeness (QED) is 0.816. The Morgan fingerprint density at radius 2 is 1.95 bits per heavy atom. The topological polar surface area (TPSA) is 66.4 Å². The molecule has 20 heavy (non-hydrogen) atoms. The van der Waals surface area contributed by atoms with Crippen molar-refractivity contribution < 1.29 is 23.5 Å². The highest BCUT2D eigenvalue weighted by molar-refractivity contribution is 5.96. The van der Waals surface area contributed by atoms with E-state index in [4.69, 9.17) is 5.11 Å². The maximum Gasteiger partial charge on any atom is 0.326 e. The number of carbonyl (C=O) groups is 2. The number of carboxylic acid groups (broad SMARTS) is 1. The first kappa shape index (κ1) is 15.8. The minimum Gasteiger partial charge on any atom is -0.480 e. The second-order valence-corrected chi connectivity index (χ2v) is 4.51. The third-order valence-electron chi connectivity index (χ3n) is 2.55. The number of benzene rings is 1. The molecular weight excluding hydrogens is 268 g/mol. The fraction of sp³-hybridized carbons (Fsp3) is 0.286. The third-order valence-corrected chi connectivity index (χ3v) is 2.55. The van der Waals surface area contributed by atoms with Gasteiger partial charge in [0, 0.05) is 5.56 Å². The molecule has 6 heteroatoms. The first-order valence-corrected chi connectivity index (χ1v) is 5.93. The fourth-order valence-electron chi connectivity index (χ4n) is 1.45. The Labute approximate surface area is 115 Å². The molecule has 0 aliphatic carbocycles. The number of hydrogen-bond acceptors (Lipinski definition) is 2. The maximum absolute atomic E-state index is 13.0. The Morgan fingerprint density at radius 3 is 2.45 bits per heavy atom. The van der Waals surface area contributed by atoms with Crippen LogP contribution >= 0.6 is 0 Å². The van der Waals surface area contributed by atoms with Crippen molar-refractivity contribution in [1.82, 2.24) is 5.32 Å². The van der Waals surface area contributed by atoms with Gasteiger partial charge in [0.15, 0.2) is 11.6 Å². The average Bonchev–Trinajstić information content (AvgIpc) is 2.36. The highest BCUT2D eigenvalue weighted by atomic mass is 19.2. The van der Waals surface area contributed by atoms with Gasteiger partial charge in [-0.2, -0.15) is 0 Å². The molecule has 0 radical (unpaired) electrons. The summed E-state index contributed by atoms with van der Waals surface area (Å²) < 4.78 is 25.8. The number of rotatable bonds is 5. The second-order valence-electron chi connectivity index (χ2n) is 4.51. The van der Waals surface area contributed by atoms with Gasteiger partial charge in [0.2, 0.25) is 0 Å². The van der Waals surface area contributed by atoms with Crippen molar-refractivity contribution in [3.8, 4) is 0 Å². The molecule has 0 aliphatic heterocycles. The molecule has 0 saturated carbocycles. The lowest BCUT2D eigenvalue weighted by Gasteiger charge is -2.13. The highest BCUT2D eigenvalue weighted by Gasteiger charge is 2.20. The van der Waals surface area contributed by atoms with Crippen molar-refractivity contribution in [1.29, 1.82) is 0 Å². The van der Waals surface area contributed by atoms with Crippen LogP contribution in [0.2, 0.25) is 0 Å². The lowest BCUT2D eigenvalue weighted by Crippen LogP contribution is -2.40. The molecule has 2 N–H and O–H groups in total. The van der Waals surface area contributed by atoms with Gasteiger partial charge in [0.1, 0.15) is 6.04 Å². The van der Waals surface area contributed by atoms with Crippen LogP contribution in [0.1, 0.15) is 30.6 Å². The van der Waals surface area contributed by atoms with Crippen molar-refractivity contribution in [3.63, 3.8) is 0 Å². The van der Waals surface area contributed by atoms with Crippen molar-refractivity contribution >= 4 is 11.9 Å². The second kappa shape index (κ2) is 6.79. The normalized spacial score (nSPS) is 11.6. The van der Waals surface area contributed by atoms with Crippen LogP contribution < -0.4 is 5.32 Å². The van der Waals surface area contributed by atoms with Crippen molar-refractivity contribution in [3.05, 3.63) is 47.0 Å². The monoisotopic (exact) mass is 283 g/mol. The van der Waals surface area contributed by atoms with Crippen LogP contribution in [0.4, 0.5) is 8.78 Å². The smallest absolute Gasteiger partial charge is 0.326 e. The summed E-state index contributed by atoms with van der Waals surface area (Å²) in [6.45, 7) is 3.60. The third kappa shape index (κ3) is 4.46. The Hall–Kier alpha value is -2.24. The van der Waals surface area contributed by atoms with Gasteiger partial charge >= 0.3 is 5.97 Å². The Kier molecular flexibility index (Phi) is 5.37. The molecule has 1 atom stereocenters. The van der Waals surface area contributed by atoms with E-state index < -0.39 is 29.6 Å². The van der Waals surface area contributed by atoms with Gasteiger partial charge in [0.25, 0.3) is 5.91 Å². The number of aliphatic carboxylic acids is 1. The van der Waals surface area contributed by atoms with E-state index in [-0.39, 0.29) is 12.0 Å². The first-order valence-electron chi connectivity index (χ1n) is 5.93. The largest absolute Gasteiger partial charge is 0.480 e. The summed E-state index contributed by atoms with van der Waals surface area (Å²) in [5.74, 6) is -4.19. The lowest BCUT2D eigenvalue weighted by molar-refractivity contribution is -0.139. The van der Waals surface area contributed by atoms with Gasteiger partial charge in [-0.05, 0) is 38.5 Å². The number of carbonyl (C=O) groups excluding carboxylic acids is 1. The molecular formula is C14H15F2NO3. The fourth-order valence-corrected chi connectivity index (χ4v) is 1.45. The van der Waals surface area contributed by atoms with E-state index >= 15 is 0 Å². The van der Waals surface area contributed by atoms with E-state index in [1.165, 1.54) is 0 Å². The van der Waals surface area contributed by atoms with E-state index in [0.717, 1.165) is 23.8 Å². The van der Waals surface area contributed by atoms with Crippen LogP contribution in [-0.4, -0.2) is 23.0 Å². The molecule has 0 bridgehead atoms. The summed E-state index contributed by atoms with van der Waals surface area (Å²) in [7, 11) is 0. The lowest BCUT2D eigenvalue weighted by atomic mass is 10.1. The molecule has 1 aromatic carbocycles. The molecule has 0 aliphatic rings.